The van der Waals surface area contributed by atoms with Gasteiger partial charge >= 0.3 is 0 Å². The fraction of sp³-hybridized carbons (Fsp3) is 0.625. The van der Waals surface area contributed by atoms with Crippen molar-refractivity contribution in [3.05, 3.63) is 35.8 Å². The summed E-state index contributed by atoms with van der Waals surface area (Å²) >= 11 is 0. The largest absolute Gasteiger partial charge is 0.494 e. The molecule has 4 heteroatoms. The summed E-state index contributed by atoms with van der Waals surface area (Å²) in [4.78, 5) is 0. The van der Waals surface area contributed by atoms with Crippen LogP contribution in [0.5, 0.6) is 0 Å². The van der Waals surface area contributed by atoms with Gasteiger partial charge in [-0.3, -0.25) is 0 Å². The van der Waals surface area contributed by atoms with E-state index in [0.717, 1.165) is 32.5 Å². The Morgan fingerprint density at radius 1 is 1.15 bits per heavy atom. The summed E-state index contributed by atoms with van der Waals surface area (Å²) in [6.45, 7) is 8.61. The van der Waals surface area contributed by atoms with Gasteiger partial charge in [0.05, 0.1) is 14.2 Å². The minimum absolute atomic E-state index is 0.543. The standard InChI is InChI=1S/C16H30N2O2/c1-5-15(13-16(20-4)14(2)19-3)9-12-18-11-8-6-7-10-17/h5,13,18H,2,6-12,17H2,1,3-4H3/b15-5-,16-13+. The molecule has 0 rings (SSSR count). The average molecular weight is 282 g/mol. The van der Waals surface area contributed by atoms with E-state index in [2.05, 4.69) is 18.0 Å². The zero-order chi connectivity index (χ0) is 15.2. The molecule has 0 atom stereocenters. The first-order chi connectivity index (χ1) is 9.69. The van der Waals surface area contributed by atoms with Crippen molar-refractivity contribution in [1.29, 1.82) is 0 Å². The molecule has 0 spiro atoms. The maximum absolute atomic E-state index is 5.46. The second kappa shape index (κ2) is 12.8. The molecule has 20 heavy (non-hydrogen) atoms. The van der Waals surface area contributed by atoms with Crippen molar-refractivity contribution in [2.75, 3.05) is 33.9 Å². The lowest BCUT2D eigenvalue weighted by molar-refractivity contribution is 0.221. The van der Waals surface area contributed by atoms with Crippen LogP contribution in [-0.4, -0.2) is 33.9 Å². The molecule has 0 heterocycles. The molecule has 0 saturated carbocycles. The molecular weight excluding hydrogens is 252 g/mol. The first kappa shape index (κ1) is 18.7. The van der Waals surface area contributed by atoms with Crippen LogP contribution in [0.4, 0.5) is 0 Å². The van der Waals surface area contributed by atoms with E-state index in [1.807, 2.05) is 13.0 Å². The molecule has 0 aromatic carbocycles. The van der Waals surface area contributed by atoms with Crippen LogP contribution < -0.4 is 11.1 Å². The summed E-state index contributed by atoms with van der Waals surface area (Å²) < 4.78 is 10.4. The van der Waals surface area contributed by atoms with Crippen molar-refractivity contribution in [3.63, 3.8) is 0 Å². The van der Waals surface area contributed by atoms with Gasteiger partial charge in [-0.05, 0) is 57.5 Å². The zero-order valence-electron chi connectivity index (χ0n) is 13.2. The maximum atomic E-state index is 5.46. The van der Waals surface area contributed by atoms with Crippen LogP contribution in [-0.2, 0) is 9.47 Å². The minimum Gasteiger partial charge on any atom is -0.494 e. The Kier molecular flexibility index (Phi) is 12.0. The molecule has 0 radical (unpaired) electrons. The van der Waals surface area contributed by atoms with Crippen molar-refractivity contribution in [2.24, 2.45) is 5.73 Å². The number of nitrogens with two attached hydrogens (primary N) is 1. The monoisotopic (exact) mass is 282 g/mol. The Hall–Kier alpha value is -1.26. The number of allylic oxidation sites excluding steroid dienone is 2. The van der Waals surface area contributed by atoms with Gasteiger partial charge in [-0.1, -0.05) is 19.1 Å². The van der Waals surface area contributed by atoms with Crippen molar-refractivity contribution in [3.8, 4) is 0 Å². The van der Waals surface area contributed by atoms with Gasteiger partial charge in [-0.15, -0.1) is 0 Å². The highest BCUT2D eigenvalue weighted by Crippen LogP contribution is 2.14. The fourth-order valence-electron chi connectivity index (χ4n) is 1.75. The van der Waals surface area contributed by atoms with E-state index < -0.39 is 0 Å². The number of ether oxygens (including phenoxy) is 2. The highest BCUT2D eigenvalue weighted by atomic mass is 16.5. The van der Waals surface area contributed by atoms with E-state index in [1.165, 1.54) is 18.4 Å². The second-order valence-corrected chi connectivity index (χ2v) is 4.55. The second-order valence-electron chi connectivity index (χ2n) is 4.55. The Labute approximate surface area is 123 Å². The van der Waals surface area contributed by atoms with Crippen LogP contribution in [0.2, 0.25) is 0 Å². The van der Waals surface area contributed by atoms with Crippen LogP contribution in [0, 0.1) is 0 Å². The Bertz CT molecular complexity index is 322. The zero-order valence-corrected chi connectivity index (χ0v) is 13.2. The van der Waals surface area contributed by atoms with Gasteiger partial charge in [-0.25, -0.2) is 0 Å². The molecule has 0 saturated heterocycles. The molecule has 0 bridgehead atoms. The smallest absolute Gasteiger partial charge is 0.160 e. The summed E-state index contributed by atoms with van der Waals surface area (Å²) in [5.41, 5.74) is 6.66. The van der Waals surface area contributed by atoms with Crippen LogP contribution >= 0.6 is 0 Å². The van der Waals surface area contributed by atoms with E-state index in [-0.39, 0.29) is 0 Å². The quantitative estimate of drug-likeness (QED) is 0.328. The molecule has 3 N–H and O–H groups in total. The SMILES string of the molecule is C=C(OC)/C(=C\C(=C/C)CCNCCCCCN)OC. The fourth-order valence-corrected chi connectivity index (χ4v) is 1.75. The number of nitrogens with one attached hydrogen (secondary N) is 1. The lowest BCUT2D eigenvalue weighted by atomic mass is 10.1. The highest BCUT2D eigenvalue weighted by molar-refractivity contribution is 5.28. The molecular formula is C16H30N2O2. The Balaban J connectivity index is 4.04. The third-order valence-electron chi connectivity index (χ3n) is 3.08. The Morgan fingerprint density at radius 3 is 2.45 bits per heavy atom. The molecule has 0 aromatic heterocycles. The molecule has 0 amide bonds. The van der Waals surface area contributed by atoms with E-state index in [9.17, 15) is 0 Å². The molecule has 116 valence electrons. The number of hydrogen-bond acceptors (Lipinski definition) is 4. The summed E-state index contributed by atoms with van der Waals surface area (Å²) in [7, 11) is 3.21. The van der Waals surface area contributed by atoms with Gasteiger partial charge in [-0.2, -0.15) is 0 Å². The van der Waals surface area contributed by atoms with Crippen molar-refractivity contribution in [2.45, 2.75) is 32.6 Å². The number of unbranched alkanes of at least 4 members (excludes halogenated alkanes) is 2. The third-order valence-corrected chi connectivity index (χ3v) is 3.08. The molecule has 0 aliphatic rings. The van der Waals surface area contributed by atoms with Crippen LogP contribution in [0.25, 0.3) is 0 Å². The highest BCUT2D eigenvalue weighted by Gasteiger charge is 2.03. The predicted octanol–water partition coefficient (Wildman–Crippen LogP) is 2.73. The summed E-state index contributed by atoms with van der Waals surface area (Å²) in [5, 5.41) is 3.44. The average Bonchev–Trinajstić information content (AvgIpc) is 2.48. The first-order valence-corrected chi connectivity index (χ1v) is 7.24. The normalized spacial score (nSPS) is 12.4. The van der Waals surface area contributed by atoms with Crippen molar-refractivity contribution in [1.82, 2.24) is 5.32 Å². The summed E-state index contributed by atoms with van der Waals surface area (Å²) in [6.07, 6.45) is 8.50. The molecule has 0 aliphatic carbocycles. The van der Waals surface area contributed by atoms with Crippen LogP contribution in [0.3, 0.4) is 0 Å². The van der Waals surface area contributed by atoms with Crippen molar-refractivity contribution < 1.29 is 9.47 Å². The summed E-state index contributed by atoms with van der Waals surface area (Å²) in [5.74, 6) is 1.21. The van der Waals surface area contributed by atoms with E-state index >= 15 is 0 Å². The van der Waals surface area contributed by atoms with Crippen LogP contribution in [0.15, 0.2) is 35.8 Å². The number of hydrogen-bond donors (Lipinski definition) is 2. The van der Waals surface area contributed by atoms with E-state index in [1.54, 1.807) is 14.2 Å². The Morgan fingerprint density at radius 2 is 1.90 bits per heavy atom. The minimum atomic E-state index is 0.543. The molecule has 0 aliphatic heterocycles. The van der Waals surface area contributed by atoms with E-state index in [4.69, 9.17) is 15.2 Å². The van der Waals surface area contributed by atoms with Gasteiger partial charge in [0.25, 0.3) is 0 Å². The topological polar surface area (TPSA) is 56.5 Å². The van der Waals surface area contributed by atoms with Gasteiger partial charge in [0.2, 0.25) is 0 Å². The van der Waals surface area contributed by atoms with Gasteiger partial charge in [0, 0.05) is 0 Å². The lowest BCUT2D eigenvalue weighted by Crippen LogP contribution is -2.17. The van der Waals surface area contributed by atoms with Crippen molar-refractivity contribution >= 4 is 0 Å². The molecule has 0 fully saturated rings. The first-order valence-electron chi connectivity index (χ1n) is 7.24. The third kappa shape index (κ3) is 8.77. The molecule has 0 aromatic rings. The number of methoxy groups -OCH3 is 2. The molecule has 4 nitrogen and oxygen atoms in total. The van der Waals surface area contributed by atoms with Crippen LogP contribution in [0.1, 0.15) is 32.6 Å². The van der Waals surface area contributed by atoms with Gasteiger partial charge in [0.1, 0.15) is 0 Å². The summed E-state index contributed by atoms with van der Waals surface area (Å²) in [6, 6.07) is 0. The lowest BCUT2D eigenvalue weighted by Gasteiger charge is -2.10. The van der Waals surface area contributed by atoms with E-state index in [0.29, 0.717) is 11.5 Å². The molecule has 0 unspecified atom stereocenters. The van der Waals surface area contributed by atoms with Gasteiger partial charge in [0.15, 0.2) is 11.5 Å². The van der Waals surface area contributed by atoms with Gasteiger partial charge < -0.3 is 20.5 Å². The predicted molar refractivity (Wildman–Crippen MR) is 85.4 cm³/mol. The maximum Gasteiger partial charge on any atom is 0.160 e. The number of rotatable bonds is 12.